The molecule has 3 atom stereocenters. The van der Waals surface area contributed by atoms with Gasteiger partial charge in [0.1, 0.15) is 0 Å². The standard InChI is InChI=1S/C17H26N2O/c1-4-19(13-8-6-5-7-9-13)12-17(18)14-10-11-20-15(14)16(17,2)3/h5-9,14-15H,4,10-12,18H2,1-3H3. The molecule has 1 saturated heterocycles. The molecule has 110 valence electrons. The van der Waals surface area contributed by atoms with E-state index < -0.39 is 0 Å². The van der Waals surface area contributed by atoms with Crippen molar-refractivity contribution in [3.63, 3.8) is 0 Å². The second-order valence-electron chi connectivity index (χ2n) is 6.80. The number of anilines is 1. The van der Waals surface area contributed by atoms with Gasteiger partial charge in [-0.25, -0.2) is 0 Å². The van der Waals surface area contributed by atoms with Crippen LogP contribution in [0.15, 0.2) is 30.3 Å². The zero-order chi connectivity index (χ0) is 14.4. The summed E-state index contributed by atoms with van der Waals surface area (Å²) < 4.78 is 5.89. The highest BCUT2D eigenvalue weighted by Gasteiger charge is 2.67. The van der Waals surface area contributed by atoms with Gasteiger partial charge in [-0.05, 0) is 25.5 Å². The van der Waals surface area contributed by atoms with Crippen molar-refractivity contribution in [2.45, 2.75) is 38.8 Å². The third kappa shape index (κ3) is 1.80. The van der Waals surface area contributed by atoms with Crippen molar-refractivity contribution in [1.29, 1.82) is 0 Å². The molecule has 1 aliphatic carbocycles. The zero-order valence-corrected chi connectivity index (χ0v) is 12.8. The molecule has 3 unspecified atom stereocenters. The van der Waals surface area contributed by atoms with Crippen LogP contribution >= 0.6 is 0 Å². The van der Waals surface area contributed by atoms with Crippen molar-refractivity contribution in [1.82, 2.24) is 0 Å². The van der Waals surface area contributed by atoms with Gasteiger partial charge in [-0.2, -0.15) is 0 Å². The molecule has 1 aromatic rings. The molecule has 2 N–H and O–H groups in total. The normalized spacial score (nSPS) is 34.4. The molecule has 0 radical (unpaired) electrons. The summed E-state index contributed by atoms with van der Waals surface area (Å²) in [6.45, 7) is 9.48. The fraction of sp³-hybridized carbons (Fsp3) is 0.647. The van der Waals surface area contributed by atoms with Crippen LogP contribution in [0.1, 0.15) is 27.2 Å². The van der Waals surface area contributed by atoms with Gasteiger partial charge in [-0.15, -0.1) is 0 Å². The van der Waals surface area contributed by atoms with Crippen molar-refractivity contribution in [3.05, 3.63) is 30.3 Å². The Morgan fingerprint density at radius 1 is 1.30 bits per heavy atom. The van der Waals surface area contributed by atoms with Gasteiger partial charge in [0, 0.05) is 42.3 Å². The number of fused-ring (bicyclic) bond motifs is 1. The van der Waals surface area contributed by atoms with Gasteiger partial charge >= 0.3 is 0 Å². The molecular formula is C17H26N2O. The van der Waals surface area contributed by atoms with Gasteiger partial charge in [0.15, 0.2) is 0 Å². The number of ether oxygens (including phenoxy) is 1. The minimum absolute atomic E-state index is 0.0520. The molecule has 0 aromatic heterocycles. The van der Waals surface area contributed by atoms with E-state index in [1.807, 2.05) is 0 Å². The summed E-state index contributed by atoms with van der Waals surface area (Å²) >= 11 is 0. The smallest absolute Gasteiger partial charge is 0.0691 e. The van der Waals surface area contributed by atoms with Crippen LogP contribution < -0.4 is 10.6 Å². The third-order valence-electron chi connectivity index (χ3n) is 5.62. The number of hydrogen-bond donors (Lipinski definition) is 1. The van der Waals surface area contributed by atoms with E-state index in [9.17, 15) is 0 Å². The quantitative estimate of drug-likeness (QED) is 0.917. The van der Waals surface area contributed by atoms with E-state index in [-0.39, 0.29) is 11.0 Å². The molecular weight excluding hydrogens is 248 g/mol. The summed E-state index contributed by atoms with van der Waals surface area (Å²) in [6.07, 6.45) is 1.46. The van der Waals surface area contributed by atoms with Crippen LogP contribution in [0.25, 0.3) is 0 Å². The van der Waals surface area contributed by atoms with E-state index in [0.717, 1.165) is 26.1 Å². The molecule has 2 fully saturated rings. The number of likely N-dealkylation sites (N-methyl/N-ethyl adjacent to an activating group) is 1. The Morgan fingerprint density at radius 2 is 2.00 bits per heavy atom. The molecule has 0 amide bonds. The summed E-state index contributed by atoms with van der Waals surface area (Å²) in [5.74, 6) is 0.510. The minimum atomic E-state index is -0.153. The maximum absolute atomic E-state index is 6.86. The van der Waals surface area contributed by atoms with E-state index in [2.05, 4.69) is 56.0 Å². The van der Waals surface area contributed by atoms with Gasteiger partial charge in [0.25, 0.3) is 0 Å². The van der Waals surface area contributed by atoms with Crippen LogP contribution in [0.3, 0.4) is 0 Å². The fourth-order valence-corrected chi connectivity index (χ4v) is 4.14. The molecule has 0 bridgehead atoms. The average Bonchev–Trinajstić information content (AvgIpc) is 2.94. The van der Waals surface area contributed by atoms with Gasteiger partial charge in [-0.3, -0.25) is 0 Å². The molecule has 1 aliphatic heterocycles. The summed E-state index contributed by atoms with van der Waals surface area (Å²) in [7, 11) is 0. The van der Waals surface area contributed by atoms with Crippen molar-refractivity contribution in [2.24, 2.45) is 17.1 Å². The minimum Gasteiger partial charge on any atom is -0.377 e. The lowest BCUT2D eigenvalue weighted by Crippen LogP contribution is -2.78. The lowest BCUT2D eigenvalue weighted by Gasteiger charge is -2.63. The number of nitrogens with zero attached hydrogens (tertiary/aromatic N) is 1. The number of rotatable bonds is 4. The lowest BCUT2D eigenvalue weighted by molar-refractivity contribution is -0.151. The molecule has 20 heavy (non-hydrogen) atoms. The summed E-state index contributed by atoms with van der Waals surface area (Å²) in [6, 6.07) is 10.6. The number of hydrogen-bond acceptors (Lipinski definition) is 3. The average molecular weight is 274 g/mol. The Balaban J connectivity index is 1.82. The maximum Gasteiger partial charge on any atom is 0.0691 e. The second-order valence-corrected chi connectivity index (χ2v) is 6.80. The summed E-state index contributed by atoms with van der Waals surface area (Å²) in [4.78, 5) is 2.40. The summed E-state index contributed by atoms with van der Waals surface area (Å²) in [5.41, 5.74) is 8.02. The first-order chi connectivity index (χ1) is 9.50. The molecule has 1 aromatic carbocycles. The van der Waals surface area contributed by atoms with Crippen LogP contribution in [0, 0.1) is 11.3 Å². The highest BCUT2D eigenvalue weighted by atomic mass is 16.5. The molecule has 1 saturated carbocycles. The van der Waals surface area contributed by atoms with Crippen LogP contribution in [0.2, 0.25) is 0 Å². The van der Waals surface area contributed by atoms with Crippen molar-refractivity contribution in [2.75, 3.05) is 24.6 Å². The van der Waals surface area contributed by atoms with Crippen LogP contribution in [0.5, 0.6) is 0 Å². The van der Waals surface area contributed by atoms with E-state index >= 15 is 0 Å². The first-order valence-corrected chi connectivity index (χ1v) is 7.71. The molecule has 3 nitrogen and oxygen atoms in total. The second kappa shape index (κ2) is 4.74. The highest BCUT2D eigenvalue weighted by molar-refractivity contribution is 5.47. The first kappa shape index (κ1) is 13.9. The number of benzene rings is 1. The largest absolute Gasteiger partial charge is 0.377 e. The lowest BCUT2D eigenvalue weighted by atomic mass is 9.48. The number of para-hydroxylation sites is 1. The van der Waals surface area contributed by atoms with Crippen LogP contribution in [0.4, 0.5) is 5.69 Å². The Labute approximate surface area is 122 Å². The molecule has 3 heteroatoms. The Hall–Kier alpha value is -1.06. The Morgan fingerprint density at radius 3 is 2.65 bits per heavy atom. The van der Waals surface area contributed by atoms with E-state index in [4.69, 9.17) is 10.5 Å². The predicted molar refractivity (Wildman–Crippen MR) is 82.9 cm³/mol. The molecule has 2 aliphatic rings. The van der Waals surface area contributed by atoms with Crippen molar-refractivity contribution in [3.8, 4) is 0 Å². The van der Waals surface area contributed by atoms with Gasteiger partial charge in [0.2, 0.25) is 0 Å². The van der Waals surface area contributed by atoms with E-state index in [0.29, 0.717) is 12.0 Å². The van der Waals surface area contributed by atoms with Crippen molar-refractivity contribution >= 4 is 5.69 Å². The van der Waals surface area contributed by atoms with Gasteiger partial charge in [-0.1, -0.05) is 32.0 Å². The van der Waals surface area contributed by atoms with Crippen molar-refractivity contribution < 1.29 is 4.74 Å². The maximum atomic E-state index is 6.86. The molecule has 1 heterocycles. The zero-order valence-electron chi connectivity index (χ0n) is 12.8. The SMILES string of the molecule is CCN(CC1(N)C2CCOC2C1(C)C)c1ccccc1. The van der Waals surface area contributed by atoms with Crippen LogP contribution in [-0.4, -0.2) is 31.3 Å². The topological polar surface area (TPSA) is 38.5 Å². The molecule has 0 spiro atoms. The van der Waals surface area contributed by atoms with E-state index in [1.54, 1.807) is 0 Å². The van der Waals surface area contributed by atoms with Gasteiger partial charge in [0.05, 0.1) is 6.10 Å². The number of nitrogens with two attached hydrogens (primary N) is 1. The monoisotopic (exact) mass is 274 g/mol. The van der Waals surface area contributed by atoms with Crippen LogP contribution in [-0.2, 0) is 4.74 Å². The first-order valence-electron chi connectivity index (χ1n) is 7.71. The predicted octanol–water partition coefficient (Wildman–Crippen LogP) is 2.66. The third-order valence-corrected chi connectivity index (χ3v) is 5.62. The fourth-order valence-electron chi connectivity index (χ4n) is 4.14. The Bertz CT molecular complexity index is 473. The Kier molecular flexibility index (Phi) is 3.30. The van der Waals surface area contributed by atoms with E-state index in [1.165, 1.54) is 5.69 Å². The highest BCUT2D eigenvalue weighted by Crippen LogP contribution is 2.58. The van der Waals surface area contributed by atoms with Gasteiger partial charge < -0.3 is 15.4 Å². The summed E-state index contributed by atoms with van der Waals surface area (Å²) in [5, 5.41) is 0. The molecule has 3 rings (SSSR count).